The minimum Gasteiger partial charge on any atom is -0.390 e. The van der Waals surface area contributed by atoms with Crippen LogP contribution < -0.4 is 16.1 Å². The molecule has 0 aliphatic carbocycles. The van der Waals surface area contributed by atoms with Crippen LogP contribution in [0.3, 0.4) is 0 Å². The molecule has 5 nitrogen and oxygen atoms in total. The van der Waals surface area contributed by atoms with Gasteiger partial charge in [0.1, 0.15) is 0 Å². The predicted molar refractivity (Wildman–Crippen MR) is 64.5 cm³/mol. The molecule has 0 spiro atoms. The van der Waals surface area contributed by atoms with Crippen LogP contribution in [0.15, 0.2) is 36.2 Å². The third-order valence-corrected chi connectivity index (χ3v) is 2.41. The molecule has 5 heteroatoms. The summed E-state index contributed by atoms with van der Waals surface area (Å²) >= 11 is 0. The average molecular weight is 233 g/mol. The molecule has 0 fully saturated rings. The van der Waals surface area contributed by atoms with Gasteiger partial charge in [0.05, 0.1) is 13.1 Å². The lowest BCUT2D eigenvalue weighted by Gasteiger charge is -2.07. The normalized spacial score (nSPS) is 14.6. The summed E-state index contributed by atoms with van der Waals surface area (Å²) < 4.78 is 0. The number of carbonyl (C=O) groups excluding carboxylic acids is 1. The lowest BCUT2D eigenvalue weighted by Crippen LogP contribution is -2.32. The van der Waals surface area contributed by atoms with Crippen LogP contribution in [0.1, 0.15) is 5.56 Å². The van der Waals surface area contributed by atoms with Crippen LogP contribution in [-0.4, -0.2) is 26.0 Å². The standard InChI is InChI=1S/C12H15N3O2/c1-13-8-11(16)15-12-10(7-14-17-12)9-5-3-2-4-6-9/h2-6,13-14H,7-8H2,1H3,(H,15,16). The van der Waals surface area contributed by atoms with Crippen molar-refractivity contribution in [3.63, 3.8) is 0 Å². The van der Waals surface area contributed by atoms with Crippen molar-refractivity contribution >= 4 is 11.5 Å². The van der Waals surface area contributed by atoms with Crippen LogP contribution in [0.2, 0.25) is 0 Å². The first-order chi connectivity index (χ1) is 8.31. The van der Waals surface area contributed by atoms with E-state index < -0.39 is 0 Å². The molecule has 0 aromatic heterocycles. The van der Waals surface area contributed by atoms with Gasteiger partial charge in [0.25, 0.3) is 0 Å². The monoisotopic (exact) mass is 233 g/mol. The molecule has 1 aromatic rings. The van der Waals surface area contributed by atoms with Gasteiger partial charge in [0.15, 0.2) is 0 Å². The highest BCUT2D eigenvalue weighted by Crippen LogP contribution is 2.20. The van der Waals surface area contributed by atoms with Gasteiger partial charge in [-0.2, -0.15) is 5.48 Å². The highest BCUT2D eigenvalue weighted by atomic mass is 16.7. The van der Waals surface area contributed by atoms with Crippen molar-refractivity contribution in [3.8, 4) is 0 Å². The Morgan fingerprint density at radius 1 is 1.41 bits per heavy atom. The summed E-state index contributed by atoms with van der Waals surface area (Å²) in [5.74, 6) is 0.357. The van der Waals surface area contributed by atoms with Gasteiger partial charge in [-0.1, -0.05) is 30.3 Å². The smallest absolute Gasteiger partial charge is 0.240 e. The highest BCUT2D eigenvalue weighted by Gasteiger charge is 2.19. The van der Waals surface area contributed by atoms with Crippen molar-refractivity contribution in [3.05, 3.63) is 41.8 Å². The molecule has 1 aliphatic rings. The van der Waals surface area contributed by atoms with Crippen LogP contribution in [0.4, 0.5) is 0 Å². The minimum absolute atomic E-state index is 0.125. The predicted octanol–water partition coefficient (Wildman–Crippen LogP) is 0.226. The van der Waals surface area contributed by atoms with Crippen molar-refractivity contribution in [2.45, 2.75) is 0 Å². The van der Waals surface area contributed by atoms with Gasteiger partial charge in [-0.15, -0.1) is 0 Å². The highest BCUT2D eigenvalue weighted by molar-refractivity contribution is 5.82. The van der Waals surface area contributed by atoms with Crippen molar-refractivity contribution in [1.29, 1.82) is 0 Å². The first kappa shape index (κ1) is 11.6. The van der Waals surface area contributed by atoms with Crippen molar-refractivity contribution in [1.82, 2.24) is 16.1 Å². The molecule has 1 aliphatic heterocycles. The number of carbonyl (C=O) groups is 1. The summed E-state index contributed by atoms with van der Waals surface area (Å²) in [7, 11) is 1.72. The van der Waals surface area contributed by atoms with Crippen molar-refractivity contribution < 1.29 is 9.63 Å². The summed E-state index contributed by atoms with van der Waals surface area (Å²) in [4.78, 5) is 16.7. The van der Waals surface area contributed by atoms with E-state index in [0.717, 1.165) is 11.1 Å². The second-order valence-electron chi connectivity index (χ2n) is 3.68. The van der Waals surface area contributed by atoms with Crippen molar-refractivity contribution in [2.75, 3.05) is 20.1 Å². The number of benzene rings is 1. The molecular formula is C12H15N3O2. The number of amides is 1. The molecule has 0 unspecified atom stereocenters. The zero-order chi connectivity index (χ0) is 12.1. The van der Waals surface area contributed by atoms with Gasteiger partial charge >= 0.3 is 0 Å². The van der Waals surface area contributed by atoms with E-state index in [-0.39, 0.29) is 12.5 Å². The lowest BCUT2D eigenvalue weighted by atomic mass is 10.1. The minimum atomic E-state index is -0.125. The maximum Gasteiger partial charge on any atom is 0.240 e. The molecule has 1 heterocycles. The molecule has 0 saturated heterocycles. The van der Waals surface area contributed by atoms with E-state index in [1.807, 2.05) is 30.3 Å². The summed E-state index contributed by atoms with van der Waals surface area (Å²) in [6, 6.07) is 9.82. The number of hydrogen-bond acceptors (Lipinski definition) is 4. The lowest BCUT2D eigenvalue weighted by molar-refractivity contribution is -0.120. The van der Waals surface area contributed by atoms with Crippen LogP contribution in [0, 0.1) is 0 Å². The van der Waals surface area contributed by atoms with E-state index in [1.165, 1.54) is 0 Å². The summed E-state index contributed by atoms with van der Waals surface area (Å²) in [6.07, 6.45) is 0. The Balaban J connectivity index is 2.16. The van der Waals surface area contributed by atoms with E-state index in [0.29, 0.717) is 12.4 Å². The molecule has 0 radical (unpaired) electrons. The fourth-order valence-electron chi connectivity index (χ4n) is 1.63. The van der Waals surface area contributed by atoms with Crippen LogP contribution in [0.5, 0.6) is 0 Å². The Morgan fingerprint density at radius 3 is 2.88 bits per heavy atom. The van der Waals surface area contributed by atoms with Crippen LogP contribution in [-0.2, 0) is 9.63 Å². The Labute approximate surface area is 99.8 Å². The van der Waals surface area contributed by atoms with Gasteiger partial charge in [-0.3, -0.25) is 10.1 Å². The topological polar surface area (TPSA) is 62.4 Å². The zero-order valence-corrected chi connectivity index (χ0v) is 9.62. The van der Waals surface area contributed by atoms with Gasteiger partial charge in [0, 0.05) is 5.57 Å². The van der Waals surface area contributed by atoms with Crippen LogP contribution in [0.25, 0.3) is 5.57 Å². The van der Waals surface area contributed by atoms with Crippen LogP contribution >= 0.6 is 0 Å². The molecule has 1 aromatic carbocycles. The third kappa shape index (κ3) is 2.83. The van der Waals surface area contributed by atoms with Crippen molar-refractivity contribution in [2.24, 2.45) is 0 Å². The SMILES string of the molecule is CNCC(=O)NC1=C(c2ccccc2)CNO1. The molecule has 2 rings (SSSR count). The second kappa shape index (κ2) is 5.47. The molecule has 0 atom stereocenters. The average Bonchev–Trinajstić information content (AvgIpc) is 2.78. The molecule has 0 bridgehead atoms. The second-order valence-corrected chi connectivity index (χ2v) is 3.68. The molecule has 3 N–H and O–H groups in total. The van der Waals surface area contributed by atoms with E-state index in [4.69, 9.17) is 4.84 Å². The maximum absolute atomic E-state index is 11.5. The quantitative estimate of drug-likeness (QED) is 0.696. The van der Waals surface area contributed by atoms with Gasteiger partial charge in [0.2, 0.25) is 11.8 Å². The van der Waals surface area contributed by atoms with Gasteiger partial charge < -0.3 is 10.2 Å². The number of likely N-dealkylation sites (N-methyl/N-ethyl adjacent to an activating group) is 1. The fraction of sp³-hybridized carbons (Fsp3) is 0.250. The first-order valence-electron chi connectivity index (χ1n) is 5.44. The number of rotatable bonds is 4. The van der Waals surface area contributed by atoms with Gasteiger partial charge in [-0.05, 0) is 12.6 Å². The zero-order valence-electron chi connectivity index (χ0n) is 9.62. The number of nitrogens with one attached hydrogen (secondary N) is 3. The molecule has 0 saturated carbocycles. The summed E-state index contributed by atoms with van der Waals surface area (Å²) in [5, 5.41) is 5.51. The number of hydrogen-bond donors (Lipinski definition) is 3. The van der Waals surface area contributed by atoms with E-state index in [2.05, 4.69) is 16.1 Å². The summed E-state index contributed by atoms with van der Waals surface area (Å²) in [6.45, 7) is 0.841. The fourth-order valence-corrected chi connectivity index (χ4v) is 1.63. The Hall–Kier alpha value is -1.85. The Morgan fingerprint density at radius 2 is 2.18 bits per heavy atom. The maximum atomic E-state index is 11.5. The molecule has 90 valence electrons. The molecule has 1 amide bonds. The molecule has 17 heavy (non-hydrogen) atoms. The van der Waals surface area contributed by atoms with E-state index >= 15 is 0 Å². The van der Waals surface area contributed by atoms with Gasteiger partial charge in [-0.25, -0.2) is 0 Å². The first-order valence-corrected chi connectivity index (χ1v) is 5.44. The Bertz CT molecular complexity index is 429. The number of hydroxylamine groups is 1. The largest absolute Gasteiger partial charge is 0.390 e. The Kier molecular flexibility index (Phi) is 3.74. The van der Waals surface area contributed by atoms with E-state index in [1.54, 1.807) is 7.05 Å². The molecular weight excluding hydrogens is 218 g/mol. The summed E-state index contributed by atoms with van der Waals surface area (Å²) in [5.41, 5.74) is 4.75. The van der Waals surface area contributed by atoms with E-state index in [9.17, 15) is 4.79 Å². The third-order valence-electron chi connectivity index (χ3n) is 2.41.